The van der Waals surface area contributed by atoms with Crippen LogP contribution >= 0.6 is 11.3 Å². The van der Waals surface area contributed by atoms with Crippen LogP contribution in [0.1, 0.15) is 5.56 Å². The predicted molar refractivity (Wildman–Crippen MR) is 51.6 cm³/mol. The molecule has 1 aromatic heterocycles. The molecule has 0 aliphatic rings. The molecule has 2 N–H and O–H groups in total. The van der Waals surface area contributed by atoms with Crippen LogP contribution in [0, 0.1) is 6.92 Å². The highest BCUT2D eigenvalue weighted by Gasteiger charge is 2.02. The van der Waals surface area contributed by atoms with E-state index in [9.17, 15) is 4.79 Å². The molecule has 0 aliphatic carbocycles. The van der Waals surface area contributed by atoms with Crippen LogP contribution in [0.2, 0.25) is 0 Å². The minimum Gasteiger partial charge on any atom is -0.324 e. The molecule has 3 nitrogen and oxygen atoms in total. The van der Waals surface area contributed by atoms with Gasteiger partial charge in [-0.3, -0.25) is 4.79 Å². The molecule has 0 unspecified atom stereocenters. The Balaban J connectivity index is 2.52. The van der Waals surface area contributed by atoms with Gasteiger partial charge in [-0.15, -0.1) is 11.3 Å². The Bertz CT molecular complexity index is 270. The summed E-state index contributed by atoms with van der Waals surface area (Å²) in [6, 6.07) is 0. The van der Waals surface area contributed by atoms with Crippen LogP contribution in [-0.2, 0) is 4.79 Å². The summed E-state index contributed by atoms with van der Waals surface area (Å²) >= 11 is 1.59. The number of nitrogens with one attached hydrogen (secondary N) is 2. The van der Waals surface area contributed by atoms with Gasteiger partial charge in [-0.2, -0.15) is 0 Å². The third-order valence-corrected chi connectivity index (χ3v) is 2.33. The summed E-state index contributed by atoms with van der Waals surface area (Å²) in [6.07, 6.45) is 0. The van der Waals surface area contributed by atoms with Crippen molar-refractivity contribution in [2.24, 2.45) is 0 Å². The highest BCUT2D eigenvalue weighted by molar-refractivity contribution is 7.08. The zero-order valence-electron chi connectivity index (χ0n) is 7.18. The molecule has 4 heteroatoms. The Morgan fingerprint density at radius 3 is 2.83 bits per heavy atom. The average Bonchev–Trinajstić information content (AvgIpc) is 2.37. The molecular formula is C8H12N2OS. The third kappa shape index (κ3) is 2.32. The van der Waals surface area contributed by atoms with Gasteiger partial charge in [0.25, 0.3) is 0 Å². The summed E-state index contributed by atoms with van der Waals surface area (Å²) in [5.41, 5.74) is 2.03. The van der Waals surface area contributed by atoms with E-state index < -0.39 is 0 Å². The van der Waals surface area contributed by atoms with Gasteiger partial charge < -0.3 is 10.6 Å². The number of amides is 1. The van der Waals surface area contributed by atoms with E-state index in [1.165, 1.54) is 0 Å². The minimum atomic E-state index is -0.000926. The zero-order valence-corrected chi connectivity index (χ0v) is 7.99. The number of hydrogen-bond acceptors (Lipinski definition) is 3. The first-order valence-electron chi connectivity index (χ1n) is 3.71. The van der Waals surface area contributed by atoms with Crippen molar-refractivity contribution in [2.75, 3.05) is 18.9 Å². The van der Waals surface area contributed by atoms with Gasteiger partial charge in [0.05, 0.1) is 12.2 Å². The van der Waals surface area contributed by atoms with E-state index in [1.54, 1.807) is 18.4 Å². The molecule has 66 valence electrons. The lowest BCUT2D eigenvalue weighted by Gasteiger charge is -2.02. The summed E-state index contributed by atoms with van der Waals surface area (Å²) in [5, 5.41) is 9.53. The molecule has 0 aliphatic heterocycles. The van der Waals surface area contributed by atoms with Crippen LogP contribution in [-0.4, -0.2) is 19.5 Å². The van der Waals surface area contributed by atoms with Crippen LogP contribution in [0.3, 0.4) is 0 Å². The first kappa shape index (κ1) is 9.22. The normalized spacial score (nSPS) is 9.83. The van der Waals surface area contributed by atoms with Crippen molar-refractivity contribution in [3.05, 3.63) is 16.3 Å². The summed E-state index contributed by atoms with van der Waals surface area (Å²) in [6.45, 7) is 2.33. The molecule has 0 fully saturated rings. The number of carbonyl (C=O) groups is 1. The van der Waals surface area contributed by atoms with Crippen molar-refractivity contribution in [3.63, 3.8) is 0 Å². The van der Waals surface area contributed by atoms with E-state index in [-0.39, 0.29) is 5.91 Å². The van der Waals surface area contributed by atoms with E-state index >= 15 is 0 Å². The van der Waals surface area contributed by atoms with Gasteiger partial charge in [-0.25, -0.2) is 0 Å². The number of thiophene rings is 1. The topological polar surface area (TPSA) is 41.1 Å². The Labute approximate surface area is 75.8 Å². The predicted octanol–water partition coefficient (Wildman–Crippen LogP) is 1.21. The summed E-state index contributed by atoms with van der Waals surface area (Å²) in [4.78, 5) is 11.1. The maximum atomic E-state index is 11.1. The standard InChI is InChI=1S/C8H12N2OS/c1-6-4-12-5-7(6)10-8(11)3-9-2/h4-5,9H,3H2,1-2H3,(H,10,11). The Kier molecular flexibility index (Phi) is 3.25. The summed E-state index contributed by atoms with van der Waals surface area (Å²) < 4.78 is 0. The number of anilines is 1. The number of rotatable bonds is 3. The molecule has 1 heterocycles. The molecule has 12 heavy (non-hydrogen) atoms. The van der Waals surface area contributed by atoms with Crippen LogP contribution < -0.4 is 10.6 Å². The number of carbonyl (C=O) groups excluding carboxylic acids is 1. The van der Waals surface area contributed by atoms with E-state index in [1.807, 2.05) is 17.7 Å². The van der Waals surface area contributed by atoms with E-state index in [4.69, 9.17) is 0 Å². The van der Waals surface area contributed by atoms with Crippen molar-refractivity contribution < 1.29 is 4.79 Å². The molecule has 0 bridgehead atoms. The lowest BCUT2D eigenvalue weighted by molar-refractivity contribution is -0.115. The van der Waals surface area contributed by atoms with Gasteiger partial charge in [-0.05, 0) is 24.9 Å². The highest BCUT2D eigenvalue weighted by atomic mass is 32.1. The van der Waals surface area contributed by atoms with Crippen LogP contribution in [0.25, 0.3) is 0 Å². The smallest absolute Gasteiger partial charge is 0.238 e. The highest BCUT2D eigenvalue weighted by Crippen LogP contribution is 2.18. The second-order valence-electron chi connectivity index (χ2n) is 2.55. The van der Waals surface area contributed by atoms with Gasteiger partial charge in [0.1, 0.15) is 0 Å². The van der Waals surface area contributed by atoms with Crippen molar-refractivity contribution in [1.29, 1.82) is 0 Å². The maximum Gasteiger partial charge on any atom is 0.238 e. The van der Waals surface area contributed by atoms with Gasteiger partial charge >= 0.3 is 0 Å². The van der Waals surface area contributed by atoms with Gasteiger partial charge in [0.2, 0.25) is 5.91 Å². The second-order valence-corrected chi connectivity index (χ2v) is 3.29. The minimum absolute atomic E-state index is 0.000926. The number of likely N-dealkylation sites (N-methyl/N-ethyl adjacent to an activating group) is 1. The van der Waals surface area contributed by atoms with Gasteiger partial charge in [0, 0.05) is 5.38 Å². The van der Waals surface area contributed by atoms with Crippen molar-refractivity contribution in [1.82, 2.24) is 5.32 Å². The van der Waals surface area contributed by atoms with Gasteiger partial charge in [-0.1, -0.05) is 0 Å². The zero-order chi connectivity index (χ0) is 8.97. The van der Waals surface area contributed by atoms with Crippen LogP contribution in [0.15, 0.2) is 10.8 Å². The molecule has 0 saturated heterocycles. The van der Waals surface area contributed by atoms with E-state index in [2.05, 4.69) is 10.6 Å². The summed E-state index contributed by atoms with van der Waals surface area (Å²) in [7, 11) is 1.75. The Morgan fingerprint density at radius 2 is 2.33 bits per heavy atom. The van der Waals surface area contributed by atoms with Crippen molar-refractivity contribution in [3.8, 4) is 0 Å². The Hall–Kier alpha value is -0.870. The summed E-state index contributed by atoms with van der Waals surface area (Å²) in [5.74, 6) is -0.000926. The van der Waals surface area contributed by atoms with Crippen LogP contribution in [0.4, 0.5) is 5.69 Å². The largest absolute Gasteiger partial charge is 0.324 e. The Morgan fingerprint density at radius 1 is 1.58 bits per heavy atom. The lowest BCUT2D eigenvalue weighted by Crippen LogP contribution is -2.25. The lowest BCUT2D eigenvalue weighted by atomic mass is 10.3. The molecule has 0 atom stereocenters. The molecular weight excluding hydrogens is 172 g/mol. The molecule has 0 spiro atoms. The van der Waals surface area contributed by atoms with E-state index in [0.717, 1.165) is 11.3 Å². The van der Waals surface area contributed by atoms with Gasteiger partial charge in [0.15, 0.2) is 0 Å². The average molecular weight is 184 g/mol. The molecule has 1 aromatic rings. The first-order chi connectivity index (χ1) is 5.74. The molecule has 1 amide bonds. The fourth-order valence-electron chi connectivity index (χ4n) is 0.844. The van der Waals surface area contributed by atoms with E-state index in [0.29, 0.717) is 6.54 Å². The fraction of sp³-hybridized carbons (Fsp3) is 0.375. The fourth-order valence-corrected chi connectivity index (χ4v) is 1.62. The second kappa shape index (κ2) is 4.23. The molecule has 1 rings (SSSR count). The first-order valence-corrected chi connectivity index (χ1v) is 4.65. The number of hydrogen-bond donors (Lipinski definition) is 2. The van der Waals surface area contributed by atoms with Crippen LogP contribution in [0.5, 0.6) is 0 Å². The van der Waals surface area contributed by atoms with Crippen molar-refractivity contribution >= 4 is 22.9 Å². The third-order valence-electron chi connectivity index (χ3n) is 1.47. The molecule has 0 saturated carbocycles. The molecule has 0 radical (unpaired) electrons. The van der Waals surface area contributed by atoms with Crippen molar-refractivity contribution in [2.45, 2.75) is 6.92 Å². The quantitative estimate of drug-likeness (QED) is 0.741. The SMILES string of the molecule is CNCC(=O)Nc1cscc1C. The number of aryl methyl sites for hydroxylation is 1. The maximum absolute atomic E-state index is 11.1. The molecule has 0 aromatic carbocycles. The monoisotopic (exact) mass is 184 g/mol.